The van der Waals surface area contributed by atoms with Gasteiger partial charge in [-0.15, -0.1) is 0 Å². The minimum atomic E-state index is 0.679. The average molecular weight is 203 g/mol. The van der Waals surface area contributed by atoms with Crippen LogP contribution in [0.3, 0.4) is 0 Å². The molecule has 0 aliphatic heterocycles. The van der Waals surface area contributed by atoms with Crippen LogP contribution in [0, 0.1) is 18.3 Å². The van der Waals surface area contributed by atoms with E-state index in [-0.39, 0.29) is 0 Å². The molecule has 3 nitrogen and oxygen atoms in total. The molecule has 0 atom stereocenters. The SMILES string of the molecule is Cc1ccc(N(C)CCCN)c(C#N)c1. The number of aryl methyl sites for hydroxylation is 1. The first kappa shape index (κ1) is 11.5. The predicted molar refractivity (Wildman–Crippen MR) is 62.8 cm³/mol. The van der Waals surface area contributed by atoms with Crippen molar-refractivity contribution < 1.29 is 0 Å². The molecule has 0 spiro atoms. The van der Waals surface area contributed by atoms with Gasteiger partial charge in [0.05, 0.1) is 11.3 Å². The fraction of sp³-hybridized carbons (Fsp3) is 0.417. The fourth-order valence-corrected chi connectivity index (χ4v) is 1.52. The number of hydrogen-bond acceptors (Lipinski definition) is 3. The molecule has 1 aromatic rings. The van der Waals surface area contributed by atoms with E-state index in [0.717, 1.165) is 29.8 Å². The third kappa shape index (κ3) is 2.97. The highest BCUT2D eigenvalue weighted by atomic mass is 15.1. The molecule has 0 radical (unpaired) electrons. The highest BCUT2D eigenvalue weighted by Crippen LogP contribution is 2.19. The van der Waals surface area contributed by atoms with Crippen molar-refractivity contribution in [3.8, 4) is 6.07 Å². The summed E-state index contributed by atoms with van der Waals surface area (Å²) >= 11 is 0. The summed E-state index contributed by atoms with van der Waals surface area (Å²) in [7, 11) is 1.99. The summed E-state index contributed by atoms with van der Waals surface area (Å²) in [5.41, 5.74) is 8.29. The molecule has 0 bridgehead atoms. The highest BCUT2D eigenvalue weighted by molar-refractivity contribution is 5.59. The number of nitrogens with two attached hydrogens (primary N) is 1. The van der Waals surface area contributed by atoms with Crippen molar-refractivity contribution in [3.05, 3.63) is 29.3 Å². The Hall–Kier alpha value is -1.53. The summed E-state index contributed by atoms with van der Waals surface area (Å²) in [5.74, 6) is 0. The summed E-state index contributed by atoms with van der Waals surface area (Å²) in [6.45, 7) is 3.55. The van der Waals surface area contributed by atoms with E-state index < -0.39 is 0 Å². The van der Waals surface area contributed by atoms with Crippen molar-refractivity contribution in [3.63, 3.8) is 0 Å². The molecule has 15 heavy (non-hydrogen) atoms. The first-order valence-corrected chi connectivity index (χ1v) is 5.11. The van der Waals surface area contributed by atoms with Gasteiger partial charge in [0.2, 0.25) is 0 Å². The first-order chi connectivity index (χ1) is 7.19. The molecule has 80 valence electrons. The van der Waals surface area contributed by atoms with Gasteiger partial charge in [0.15, 0.2) is 0 Å². The van der Waals surface area contributed by atoms with Gasteiger partial charge in [0.1, 0.15) is 6.07 Å². The predicted octanol–water partition coefficient (Wildman–Crippen LogP) is 1.65. The summed E-state index contributed by atoms with van der Waals surface area (Å²) in [4.78, 5) is 2.07. The quantitative estimate of drug-likeness (QED) is 0.809. The molecule has 0 saturated carbocycles. The zero-order valence-electron chi connectivity index (χ0n) is 9.33. The third-order valence-electron chi connectivity index (χ3n) is 2.38. The number of benzene rings is 1. The highest BCUT2D eigenvalue weighted by Gasteiger charge is 2.06. The molecule has 0 aliphatic carbocycles. The molecule has 0 heterocycles. The second-order valence-corrected chi connectivity index (χ2v) is 3.70. The molecule has 0 amide bonds. The Morgan fingerprint density at radius 3 is 2.80 bits per heavy atom. The van der Waals surface area contributed by atoms with Crippen LogP contribution in [0.2, 0.25) is 0 Å². The molecule has 3 heteroatoms. The van der Waals surface area contributed by atoms with E-state index >= 15 is 0 Å². The molecule has 0 aromatic heterocycles. The maximum atomic E-state index is 9.02. The lowest BCUT2D eigenvalue weighted by atomic mass is 10.1. The van der Waals surface area contributed by atoms with E-state index in [1.54, 1.807) is 0 Å². The lowest BCUT2D eigenvalue weighted by Gasteiger charge is -2.20. The van der Waals surface area contributed by atoms with Gasteiger partial charge in [-0.2, -0.15) is 5.26 Å². The molecule has 0 unspecified atom stereocenters. The van der Waals surface area contributed by atoms with Crippen molar-refractivity contribution in [1.82, 2.24) is 0 Å². The van der Waals surface area contributed by atoms with Gasteiger partial charge < -0.3 is 10.6 Å². The van der Waals surface area contributed by atoms with Gasteiger partial charge >= 0.3 is 0 Å². The normalized spacial score (nSPS) is 9.73. The van der Waals surface area contributed by atoms with Crippen LogP contribution in [-0.2, 0) is 0 Å². The van der Waals surface area contributed by atoms with Crippen LogP contribution in [0.15, 0.2) is 18.2 Å². The Morgan fingerprint density at radius 2 is 2.20 bits per heavy atom. The van der Waals surface area contributed by atoms with Crippen molar-refractivity contribution >= 4 is 5.69 Å². The standard InChI is InChI=1S/C12H17N3/c1-10-4-5-12(11(8-10)9-14)15(2)7-3-6-13/h4-5,8H,3,6-7,13H2,1-2H3. The summed E-state index contributed by atoms with van der Waals surface area (Å²) in [6.07, 6.45) is 0.940. The summed E-state index contributed by atoms with van der Waals surface area (Å²) < 4.78 is 0. The van der Waals surface area contributed by atoms with Gasteiger partial charge in [-0.1, -0.05) is 6.07 Å². The summed E-state index contributed by atoms with van der Waals surface area (Å²) in [6, 6.07) is 8.15. The van der Waals surface area contributed by atoms with Crippen LogP contribution in [0.1, 0.15) is 17.5 Å². The second-order valence-electron chi connectivity index (χ2n) is 3.70. The van der Waals surface area contributed by atoms with Crippen LogP contribution in [0.25, 0.3) is 0 Å². The number of nitriles is 1. The van der Waals surface area contributed by atoms with Gasteiger partial charge in [0.25, 0.3) is 0 Å². The van der Waals surface area contributed by atoms with Gasteiger partial charge in [-0.05, 0) is 37.6 Å². The third-order valence-corrected chi connectivity index (χ3v) is 2.38. The fourth-order valence-electron chi connectivity index (χ4n) is 1.52. The van der Waals surface area contributed by atoms with E-state index in [1.807, 2.05) is 32.2 Å². The molecular formula is C12H17N3. The molecule has 1 rings (SSSR count). The number of hydrogen-bond donors (Lipinski definition) is 1. The lowest BCUT2D eigenvalue weighted by Crippen LogP contribution is -2.21. The van der Waals surface area contributed by atoms with E-state index in [2.05, 4.69) is 11.0 Å². The van der Waals surface area contributed by atoms with E-state index in [4.69, 9.17) is 11.0 Å². The van der Waals surface area contributed by atoms with Crippen LogP contribution < -0.4 is 10.6 Å². The second kappa shape index (κ2) is 5.38. The van der Waals surface area contributed by atoms with E-state index in [9.17, 15) is 0 Å². The van der Waals surface area contributed by atoms with Crippen molar-refractivity contribution in [2.45, 2.75) is 13.3 Å². The molecule has 0 fully saturated rings. The minimum absolute atomic E-state index is 0.679. The van der Waals surface area contributed by atoms with E-state index in [1.165, 1.54) is 0 Å². The molecular weight excluding hydrogens is 186 g/mol. The molecule has 1 aromatic carbocycles. The maximum absolute atomic E-state index is 9.02. The van der Waals surface area contributed by atoms with Gasteiger partial charge in [-0.3, -0.25) is 0 Å². The van der Waals surface area contributed by atoms with Gasteiger partial charge in [-0.25, -0.2) is 0 Å². The number of anilines is 1. The number of nitrogens with zero attached hydrogens (tertiary/aromatic N) is 2. The van der Waals surface area contributed by atoms with Crippen LogP contribution >= 0.6 is 0 Å². The van der Waals surface area contributed by atoms with Crippen molar-refractivity contribution in [2.24, 2.45) is 5.73 Å². The molecule has 0 aliphatic rings. The molecule has 2 N–H and O–H groups in total. The maximum Gasteiger partial charge on any atom is 0.101 e. The zero-order chi connectivity index (χ0) is 11.3. The lowest BCUT2D eigenvalue weighted by molar-refractivity contribution is 0.795. The van der Waals surface area contributed by atoms with Crippen LogP contribution in [-0.4, -0.2) is 20.1 Å². The zero-order valence-corrected chi connectivity index (χ0v) is 9.33. The minimum Gasteiger partial charge on any atom is -0.373 e. The summed E-state index contributed by atoms with van der Waals surface area (Å²) in [5, 5.41) is 9.02. The van der Waals surface area contributed by atoms with Crippen LogP contribution in [0.4, 0.5) is 5.69 Å². The molecule has 0 saturated heterocycles. The van der Waals surface area contributed by atoms with Gasteiger partial charge in [0, 0.05) is 13.6 Å². The topological polar surface area (TPSA) is 53.0 Å². The Balaban J connectivity index is 2.89. The Morgan fingerprint density at radius 1 is 1.47 bits per heavy atom. The first-order valence-electron chi connectivity index (χ1n) is 5.11. The van der Waals surface area contributed by atoms with Crippen molar-refractivity contribution in [2.75, 3.05) is 25.0 Å². The largest absolute Gasteiger partial charge is 0.373 e. The van der Waals surface area contributed by atoms with Crippen LogP contribution in [0.5, 0.6) is 0 Å². The van der Waals surface area contributed by atoms with Crippen molar-refractivity contribution in [1.29, 1.82) is 5.26 Å². The van der Waals surface area contributed by atoms with E-state index in [0.29, 0.717) is 6.54 Å². The monoisotopic (exact) mass is 203 g/mol. The number of rotatable bonds is 4. The Labute approximate surface area is 91.1 Å². The smallest absolute Gasteiger partial charge is 0.101 e. The Bertz CT molecular complexity index is 366. The average Bonchev–Trinajstić information content (AvgIpc) is 2.25. The Kier molecular flexibility index (Phi) is 4.14.